The van der Waals surface area contributed by atoms with Gasteiger partial charge in [-0.2, -0.15) is 0 Å². The topological polar surface area (TPSA) is 95.7 Å². The summed E-state index contributed by atoms with van der Waals surface area (Å²) in [4.78, 5) is 28.6. The van der Waals surface area contributed by atoms with Gasteiger partial charge in [-0.3, -0.25) is 9.59 Å². The molecular weight excluding hydrogens is 414 g/mol. The molecule has 6 nitrogen and oxygen atoms in total. The van der Waals surface area contributed by atoms with Gasteiger partial charge in [-0.25, -0.2) is 0 Å². The predicted molar refractivity (Wildman–Crippen MR) is 129 cm³/mol. The number of amides is 2. The van der Waals surface area contributed by atoms with E-state index < -0.39 is 6.04 Å². The number of nitrogens with one attached hydrogen (secondary N) is 1. The van der Waals surface area contributed by atoms with Gasteiger partial charge in [0.25, 0.3) is 0 Å². The third-order valence-corrected chi connectivity index (χ3v) is 7.17. The molecule has 0 spiro atoms. The summed E-state index contributed by atoms with van der Waals surface area (Å²) in [7, 11) is 0. The Hall–Kier alpha value is -2.86. The van der Waals surface area contributed by atoms with Crippen molar-refractivity contribution in [3.63, 3.8) is 0 Å². The van der Waals surface area contributed by atoms with Gasteiger partial charge < -0.3 is 21.1 Å². The molecule has 6 heteroatoms. The zero-order chi connectivity index (χ0) is 23.2. The molecular formula is C27H35N3O3. The number of nitrogens with two attached hydrogens (primary N) is 1. The molecule has 4 rings (SSSR count). The van der Waals surface area contributed by atoms with E-state index in [0.29, 0.717) is 37.9 Å². The minimum absolute atomic E-state index is 0.00411. The Bertz CT molecular complexity index is 923. The third kappa shape index (κ3) is 5.93. The van der Waals surface area contributed by atoms with Crippen LogP contribution in [0.2, 0.25) is 0 Å². The summed E-state index contributed by atoms with van der Waals surface area (Å²) in [6, 6.07) is 16.6. The number of phenols is 1. The fourth-order valence-electron chi connectivity index (χ4n) is 5.16. The standard InChI is InChI=1S/C27H35N3O3/c28-22-12-8-20(9-13-22)18-29-26(32)25-7-4-16-30(25)27(33)24(21-5-2-1-3-6-21)17-19-10-14-23(31)15-11-19/h1-3,5-6,10-11,14-15,20,22,24-25,31H,4,7-9,12-13,16-18,28H2,(H,29,32)/t20?,22?,24-,25+/m1/s1. The Labute approximate surface area is 196 Å². The van der Waals surface area contributed by atoms with E-state index in [4.69, 9.17) is 5.73 Å². The van der Waals surface area contributed by atoms with Crippen LogP contribution >= 0.6 is 0 Å². The third-order valence-electron chi connectivity index (χ3n) is 7.17. The molecule has 2 aliphatic rings. The molecule has 1 aliphatic heterocycles. The zero-order valence-electron chi connectivity index (χ0n) is 19.2. The van der Waals surface area contributed by atoms with E-state index in [2.05, 4.69) is 5.32 Å². The maximum Gasteiger partial charge on any atom is 0.242 e. The molecule has 33 heavy (non-hydrogen) atoms. The van der Waals surface area contributed by atoms with Crippen molar-refractivity contribution in [3.05, 3.63) is 65.7 Å². The number of benzene rings is 2. The highest BCUT2D eigenvalue weighted by Crippen LogP contribution is 2.29. The van der Waals surface area contributed by atoms with Crippen LogP contribution in [0.4, 0.5) is 0 Å². The molecule has 1 saturated carbocycles. The number of rotatable bonds is 7. The molecule has 2 atom stereocenters. The van der Waals surface area contributed by atoms with E-state index in [9.17, 15) is 14.7 Å². The van der Waals surface area contributed by atoms with Crippen LogP contribution < -0.4 is 11.1 Å². The first kappa shape index (κ1) is 23.3. The highest BCUT2D eigenvalue weighted by Gasteiger charge is 2.37. The minimum Gasteiger partial charge on any atom is -0.508 e. The zero-order valence-corrected chi connectivity index (χ0v) is 19.2. The average molecular weight is 450 g/mol. The van der Waals surface area contributed by atoms with Gasteiger partial charge in [0.2, 0.25) is 11.8 Å². The number of nitrogens with zero attached hydrogens (tertiary/aromatic N) is 1. The van der Waals surface area contributed by atoms with Crippen molar-refractivity contribution < 1.29 is 14.7 Å². The molecule has 0 radical (unpaired) electrons. The molecule has 2 aromatic rings. The number of carbonyl (C=O) groups excluding carboxylic acids is 2. The summed E-state index contributed by atoms with van der Waals surface area (Å²) in [6.45, 7) is 1.27. The van der Waals surface area contributed by atoms with Crippen LogP contribution in [0.5, 0.6) is 5.75 Å². The van der Waals surface area contributed by atoms with E-state index in [1.165, 1.54) is 0 Å². The minimum atomic E-state index is -0.408. The Kier molecular flexibility index (Phi) is 7.65. The van der Waals surface area contributed by atoms with Crippen LogP contribution in [0, 0.1) is 5.92 Å². The second-order valence-corrected chi connectivity index (χ2v) is 9.55. The van der Waals surface area contributed by atoms with E-state index in [1.54, 1.807) is 17.0 Å². The first-order chi connectivity index (χ1) is 16.0. The second kappa shape index (κ2) is 10.8. The van der Waals surface area contributed by atoms with Crippen LogP contribution in [0.25, 0.3) is 0 Å². The lowest BCUT2D eigenvalue weighted by atomic mass is 9.86. The summed E-state index contributed by atoms with van der Waals surface area (Å²) in [5, 5.41) is 12.7. The average Bonchev–Trinajstić information content (AvgIpc) is 3.33. The van der Waals surface area contributed by atoms with Gasteiger partial charge in [-0.05, 0) is 74.1 Å². The summed E-state index contributed by atoms with van der Waals surface area (Å²) < 4.78 is 0. The van der Waals surface area contributed by atoms with E-state index in [1.807, 2.05) is 42.5 Å². The lowest BCUT2D eigenvalue weighted by Gasteiger charge is -2.30. The number of carbonyl (C=O) groups is 2. The quantitative estimate of drug-likeness (QED) is 0.604. The fraction of sp³-hybridized carbons (Fsp3) is 0.481. The number of aromatic hydroxyl groups is 1. The van der Waals surface area contributed by atoms with Gasteiger partial charge in [0, 0.05) is 19.1 Å². The van der Waals surface area contributed by atoms with Crippen molar-refractivity contribution >= 4 is 11.8 Å². The molecule has 0 bridgehead atoms. The molecule has 1 aliphatic carbocycles. The molecule has 4 N–H and O–H groups in total. The van der Waals surface area contributed by atoms with Crippen LogP contribution in [-0.4, -0.2) is 47.0 Å². The SMILES string of the molecule is NC1CCC(CNC(=O)[C@@H]2CCCN2C(=O)[C@H](Cc2ccc(O)cc2)c2ccccc2)CC1. The van der Waals surface area contributed by atoms with Gasteiger partial charge in [0.1, 0.15) is 11.8 Å². The van der Waals surface area contributed by atoms with E-state index >= 15 is 0 Å². The number of phenolic OH excluding ortho intramolecular Hbond substituents is 1. The van der Waals surface area contributed by atoms with Crippen LogP contribution in [0.3, 0.4) is 0 Å². The van der Waals surface area contributed by atoms with Crippen molar-refractivity contribution in [1.29, 1.82) is 0 Å². The Morgan fingerprint density at radius 3 is 2.39 bits per heavy atom. The van der Waals surface area contributed by atoms with E-state index in [0.717, 1.165) is 43.2 Å². The smallest absolute Gasteiger partial charge is 0.242 e. The normalized spacial score (nSPS) is 23.8. The van der Waals surface area contributed by atoms with Crippen molar-refractivity contribution in [2.45, 2.75) is 62.9 Å². The van der Waals surface area contributed by atoms with Gasteiger partial charge in [0.15, 0.2) is 0 Å². The van der Waals surface area contributed by atoms with Gasteiger partial charge in [-0.1, -0.05) is 42.5 Å². The molecule has 2 fully saturated rings. The van der Waals surface area contributed by atoms with Gasteiger partial charge >= 0.3 is 0 Å². The first-order valence-electron chi connectivity index (χ1n) is 12.2. The maximum atomic E-state index is 13.8. The monoisotopic (exact) mass is 449 g/mol. The van der Waals surface area contributed by atoms with Crippen molar-refractivity contribution in [2.75, 3.05) is 13.1 Å². The Balaban J connectivity index is 1.45. The summed E-state index contributed by atoms with van der Waals surface area (Å²) in [6.07, 6.45) is 6.21. The highest BCUT2D eigenvalue weighted by molar-refractivity contribution is 5.91. The fourth-order valence-corrected chi connectivity index (χ4v) is 5.16. The highest BCUT2D eigenvalue weighted by atomic mass is 16.3. The van der Waals surface area contributed by atoms with Crippen molar-refractivity contribution in [1.82, 2.24) is 10.2 Å². The number of hydrogen-bond donors (Lipinski definition) is 3. The molecule has 1 saturated heterocycles. The molecule has 2 aromatic carbocycles. The lowest BCUT2D eigenvalue weighted by Crippen LogP contribution is -2.48. The molecule has 0 aromatic heterocycles. The number of likely N-dealkylation sites (tertiary alicyclic amines) is 1. The predicted octanol–water partition coefficient (Wildman–Crippen LogP) is 3.34. The Morgan fingerprint density at radius 1 is 1.00 bits per heavy atom. The molecule has 2 amide bonds. The second-order valence-electron chi connectivity index (χ2n) is 9.55. The van der Waals surface area contributed by atoms with E-state index in [-0.39, 0.29) is 23.5 Å². The molecule has 0 unspecified atom stereocenters. The first-order valence-corrected chi connectivity index (χ1v) is 12.2. The maximum absolute atomic E-state index is 13.8. The summed E-state index contributed by atoms with van der Waals surface area (Å²) in [5.41, 5.74) is 7.92. The van der Waals surface area contributed by atoms with Crippen LogP contribution in [-0.2, 0) is 16.0 Å². The van der Waals surface area contributed by atoms with Crippen LogP contribution in [0.1, 0.15) is 55.6 Å². The molecule has 176 valence electrons. The van der Waals surface area contributed by atoms with Gasteiger partial charge in [0.05, 0.1) is 5.92 Å². The largest absolute Gasteiger partial charge is 0.508 e. The Morgan fingerprint density at radius 2 is 1.70 bits per heavy atom. The molecule has 1 heterocycles. The lowest BCUT2D eigenvalue weighted by molar-refractivity contribution is -0.139. The number of hydrogen-bond acceptors (Lipinski definition) is 4. The van der Waals surface area contributed by atoms with Crippen molar-refractivity contribution in [2.24, 2.45) is 11.7 Å². The van der Waals surface area contributed by atoms with Crippen molar-refractivity contribution in [3.8, 4) is 5.75 Å². The summed E-state index contributed by atoms with van der Waals surface area (Å²) >= 11 is 0. The summed E-state index contributed by atoms with van der Waals surface area (Å²) in [5.74, 6) is 0.273. The van der Waals surface area contributed by atoms with Crippen LogP contribution in [0.15, 0.2) is 54.6 Å². The van der Waals surface area contributed by atoms with Gasteiger partial charge in [-0.15, -0.1) is 0 Å².